The number of aromatic nitrogens is 2. The second-order valence-corrected chi connectivity index (χ2v) is 4.88. The minimum Gasteiger partial charge on any atom is -0.478 e. The van der Waals surface area contributed by atoms with Gasteiger partial charge in [-0.2, -0.15) is 8.78 Å². The lowest BCUT2D eigenvalue weighted by Gasteiger charge is -2.03. The maximum atomic E-state index is 11.7. The highest BCUT2D eigenvalue weighted by Crippen LogP contribution is 2.11. The minimum atomic E-state index is -2.85. The number of carboxylic acids is 1. The molecular weight excluding hydrogens is 306 g/mol. The number of rotatable bonds is 3. The van der Waals surface area contributed by atoms with Crippen molar-refractivity contribution in [1.29, 1.82) is 0 Å². The first-order chi connectivity index (χ1) is 10.7. The number of hydrogen-bond donors (Lipinski definition) is 1. The Morgan fingerprint density at radius 1 is 1.17 bits per heavy atom. The molecule has 1 N–H and O–H groups in total. The van der Waals surface area contributed by atoms with Gasteiger partial charge in [-0.3, -0.25) is 4.98 Å². The molecule has 0 amide bonds. The maximum Gasteiger partial charge on any atom is 0.388 e. The quantitative estimate of drug-likeness (QED) is 0.932. The molecule has 0 unspecified atom stereocenters. The molecule has 0 saturated heterocycles. The lowest BCUT2D eigenvalue weighted by atomic mass is 10.1. The van der Waals surface area contributed by atoms with Crippen LogP contribution in [0.2, 0.25) is 0 Å². The van der Waals surface area contributed by atoms with E-state index in [0.29, 0.717) is 17.0 Å². The number of aryl methyl sites for hydroxylation is 4. The second kappa shape index (κ2) is 8.17. The number of carboxylic acid groups (broad SMARTS) is 1. The lowest BCUT2D eigenvalue weighted by molar-refractivity contribution is -0.0532. The lowest BCUT2D eigenvalue weighted by Crippen LogP contribution is -2.05. The highest BCUT2D eigenvalue weighted by molar-refractivity contribution is 5.89. The molecule has 0 atom stereocenters. The molecule has 2 rings (SSSR count). The predicted octanol–water partition coefficient (Wildman–Crippen LogP) is 3.70. The molecule has 124 valence electrons. The fraction of sp³-hybridized carbons (Fsp3) is 0.312. The van der Waals surface area contributed by atoms with Crippen LogP contribution in [-0.4, -0.2) is 27.7 Å². The van der Waals surface area contributed by atoms with E-state index < -0.39 is 12.6 Å². The largest absolute Gasteiger partial charge is 0.478 e. The third-order valence-corrected chi connectivity index (χ3v) is 2.99. The summed E-state index contributed by atoms with van der Waals surface area (Å²) in [6.45, 7) is 4.32. The van der Waals surface area contributed by atoms with Gasteiger partial charge >= 0.3 is 12.6 Å². The molecule has 5 nitrogen and oxygen atoms in total. The van der Waals surface area contributed by atoms with Crippen LogP contribution in [0, 0.1) is 27.7 Å². The van der Waals surface area contributed by atoms with Crippen molar-refractivity contribution in [1.82, 2.24) is 9.97 Å². The van der Waals surface area contributed by atoms with Crippen molar-refractivity contribution in [3.63, 3.8) is 0 Å². The fourth-order valence-corrected chi connectivity index (χ4v) is 1.72. The maximum absolute atomic E-state index is 11.7. The van der Waals surface area contributed by atoms with Gasteiger partial charge in [0.2, 0.25) is 5.88 Å². The molecule has 0 fully saturated rings. The van der Waals surface area contributed by atoms with Crippen LogP contribution in [-0.2, 0) is 0 Å². The van der Waals surface area contributed by atoms with Crippen LogP contribution >= 0.6 is 0 Å². The average Bonchev–Trinajstić information content (AvgIpc) is 2.42. The second-order valence-electron chi connectivity index (χ2n) is 4.88. The van der Waals surface area contributed by atoms with E-state index in [-0.39, 0.29) is 5.88 Å². The third kappa shape index (κ3) is 5.98. The van der Waals surface area contributed by atoms with Gasteiger partial charge in [0.05, 0.1) is 23.1 Å². The summed E-state index contributed by atoms with van der Waals surface area (Å²) in [4.78, 5) is 18.1. The molecule has 7 heteroatoms. The SMILES string of the molecule is Cc1ccc(C(=O)O)c(C)c1.Cc1ncc(OC(F)F)nc1C. The molecule has 0 aliphatic carbocycles. The summed E-state index contributed by atoms with van der Waals surface area (Å²) >= 11 is 0. The van der Waals surface area contributed by atoms with Gasteiger partial charge in [-0.1, -0.05) is 17.7 Å². The molecule has 2 aromatic rings. The molecule has 0 radical (unpaired) electrons. The van der Waals surface area contributed by atoms with Crippen molar-refractivity contribution < 1.29 is 23.4 Å². The van der Waals surface area contributed by atoms with Gasteiger partial charge in [0.1, 0.15) is 0 Å². The summed E-state index contributed by atoms with van der Waals surface area (Å²) < 4.78 is 27.4. The van der Waals surface area contributed by atoms with Crippen molar-refractivity contribution in [3.8, 4) is 5.88 Å². The monoisotopic (exact) mass is 324 g/mol. The number of ether oxygens (including phenoxy) is 1. The summed E-state index contributed by atoms with van der Waals surface area (Å²) in [6, 6.07) is 5.30. The van der Waals surface area contributed by atoms with Gasteiger partial charge in [0, 0.05) is 0 Å². The zero-order valence-corrected chi connectivity index (χ0v) is 13.3. The fourth-order valence-electron chi connectivity index (χ4n) is 1.72. The van der Waals surface area contributed by atoms with Gasteiger partial charge in [0.15, 0.2) is 0 Å². The molecular formula is C16H18F2N2O3. The normalized spacial score (nSPS) is 10.0. The summed E-state index contributed by atoms with van der Waals surface area (Å²) in [5.74, 6) is -1.00. The Labute approximate surface area is 133 Å². The number of aromatic carboxylic acids is 1. The van der Waals surface area contributed by atoms with Gasteiger partial charge < -0.3 is 9.84 Å². The van der Waals surface area contributed by atoms with Crippen LogP contribution in [0.15, 0.2) is 24.4 Å². The van der Waals surface area contributed by atoms with Crippen molar-refractivity contribution >= 4 is 5.97 Å². The summed E-state index contributed by atoms with van der Waals surface area (Å²) in [6.07, 6.45) is 1.18. The predicted molar refractivity (Wildman–Crippen MR) is 81.0 cm³/mol. The van der Waals surface area contributed by atoms with Crippen LogP contribution in [0.4, 0.5) is 8.78 Å². The van der Waals surface area contributed by atoms with Crippen molar-refractivity contribution in [2.45, 2.75) is 34.3 Å². The molecule has 0 saturated carbocycles. The number of halogens is 2. The number of benzene rings is 1. The number of nitrogens with zero attached hydrogens (tertiary/aromatic N) is 2. The van der Waals surface area contributed by atoms with E-state index in [0.717, 1.165) is 11.1 Å². The van der Waals surface area contributed by atoms with Gasteiger partial charge in [-0.05, 0) is 39.3 Å². The highest BCUT2D eigenvalue weighted by Gasteiger charge is 2.06. The first-order valence-corrected chi connectivity index (χ1v) is 6.76. The van der Waals surface area contributed by atoms with Gasteiger partial charge in [-0.25, -0.2) is 9.78 Å². The third-order valence-electron chi connectivity index (χ3n) is 2.99. The summed E-state index contributed by atoms with van der Waals surface area (Å²) in [5, 5.41) is 8.66. The number of hydrogen-bond acceptors (Lipinski definition) is 4. The van der Waals surface area contributed by atoms with Crippen molar-refractivity contribution in [2.24, 2.45) is 0 Å². The molecule has 1 aromatic carbocycles. The number of carbonyl (C=O) groups is 1. The molecule has 0 bridgehead atoms. The van der Waals surface area contributed by atoms with Crippen LogP contribution in [0.1, 0.15) is 32.9 Å². The van der Waals surface area contributed by atoms with Crippen molar-refractivity contribution in [3.05, 3.63) is 52.5 Å². The standard InChI is InChI=1S/C9H10O2.C7H8F2N2O/c1-6-3-4-8(9(10)11)7(2)5-6;1-4-5(2)11-6(3-10-4)12-7(8)9/h3-5H,1-2H3,(H,10,11);3,7H,1-2H3. The molecule has 1 heterocycles. The van der Waals surface area contributed by atoms with Crippen LogP contribution in [0.3, 0.4) is 0 Å². The zero-order chi connectivity index (χ0) is 17.6. The van der Waals surface area contributed by atoms with Crippen LogP contribution in [0.25, 0.3) is 0 Å². The molecule has 1 aromatic heterocycles. The van der Waals surface area contributed by atoms with Crippen LogP contribution < -0.4 is 4.74 Å². The topological polar surface area (TPSA) is 72.3 Å². The molecule has 0 aliphatic heterocycles. The zero-order valence-electron chi connectivity index (χ0n) is 13.3. The van der Waals surface area contributed by atoms with E-state index in [2.05, 4.69) is 14.7 Å². The Morgan fingerprint density at radius 2 is 1.83 bits per heavy atom. The Hall–Kier alpha value is -2.57. The van der Waals surface area contributed by atoms with Gasteiger partial charge in [-0.15, -0.1) is 0 Å². The summed E-state index contributed by atoms with van der Waals surface area (Å²) in [7, 11) is 0. The summed E-state index contributed by atoms with van der Waals surface area (Å²) in [5.41, 5.74) is 3.59. The van der Waals surface area contributed by atoms with E-state index in [1.807, 2.05) is 13.0 Å². The van der Waals surface area contributed by atoms with Crippen molar-refractivity contribution in [2.75, 3.05) is 0 Å². The Balaban J connectivity index is 0.000000231. The molecule has 0 spiro atoms. The van der Waals surface area contributed by atoms with E-state index in [1.54, 1.807) is 32.9 Å². The Kier molecular flexibility index (Phi) is 6.56. The minimum absolute atomic E-state index is 0.145. The van der Waals surface area contributed by atoms with E-state index in [1.165, 1.54) is 6.20 Å². The highest BCUT2D eigenvalue weighted by atomic mass is 19.3. The Morgan fingerprint density at radius 3 is 2.30 bits per heavy atom. The Bertz CT molecular complexity index is 691. The van der Waals surface area contributed by atoms with E-state index in [4.69, 9.17) is 5.11 Å². The first-order valence-electron chi connectivity index (χ1n) is 6.76. The average molecular weight is 324 g/mol. The first kappa shape index (κ1) is 18.5. The number of alkyl halides is 2. The van der Waals surface area contributed by atoms with Gasteiger partial charge in [0.25, 0.3) is 0 Å². The smallest absolute Gasteiger partial charge is 0.388 e. The molecule has 23 heavy (non-hydrogen) atoms. The van der Waals surface area contributed by atoms with E-state index >= 15 is 0 Å². The molecule has 0 aliphatic rings. The van der Waals surface area contributed by atoms with E-state index in [9.17, 15) is 13.6 Å². The van der Waals surface area contributed by atoms with Crippen LogP contribution in [0.5, 0.6) is 5.88 Å².